The van der Waals surface area contributed by atoms with Crippen LogP contribution in [0.1, 0.15) is 5.56 Å². The summed E-state index contributed by atoms with van der Waals surface area (Å²) in [5, 5.41) is 24.0. The van der Waals surface area contributed by atoms with Gasteiger partial charge in [-0.1, -0.05) is 42.1 Å². The normalized spacial score (nSPS) is 29.4. The van der Waals surface area contributed by atoms with E-state index in [1.807, 2.05) is 18.2 Å². The van der Waals surface area contributed by atoms with Crippen LogP contribution in [0.5, 0.6) is 11.5 Å². The van der Waals surface area contributed by atoms with Gasteiger partial charge in [-0.25, -0.2) is 0 Å². The van der Waals surface area contributed by atoms with Crippen molar-refractivity contribution in [1.82, 2.24) is 5.32 Å². The molecule has 11 heteroatoms. The smallest absolute Gasteiger partial charge is 0.417 e. The van der Waals surface area contributed by atoms with Crippen molar-refractivity contribution in [2.24, 2.45) is 4.99 Å². The van der Waals surface area contributed by atoms with Gasteiger partial charge >= 0.3 is 6.18 Å². The number of para-hydroxylation sites is 1. The zero-order chi connectivity index (χ0) is 23.6. The number of aliphatic imine (C=N–C) groups is 1. The first-order chi connectivity index (χ1) is 15.8. The number of ether oxygens (including phenoxy) is 3. The van der Waals surface area contributed by atoms with E-state index in [2.05, 4.69) is 10.3 Å². The van der Waals surface area contributed by atoms with Gasteiger partial charge in [-0.05, 0) is 29.8 Å². The third kappa shape index (κ3) is 5.44. The summed E-state index contributed by atoms with van der Waals surface area (Å²) in [4.78, 5) is 3.93. The molecule has 2 aliphatic heterocycles. The molecule has 33 heavy (non-hydrogen) atoms. The lowest BCUT2D eigenvalue weighted by atomic mass is 9.94. The van der Waals surface area contributed by atoms with E-state index < -0.39 is 42.1 Å². The summed E-state index contributed by atoms with van der Waals surface area (Å²) < 4.78 is 57.9. The maximum absolute atomic E-state index is 13.8. The molecule has 6 unspecified atom stereocenters. The Kier molecular flexibility index (Phi) is 7.15. The van der Waals surface area contributed by atoms with Crippen molar-refractivity contribution >= 4 is 16.9 Å². The summed E-state index contributed by atoms with van der Waals surface area (Å²) >= 11 is 1.06. The van der Waals surface area contributed by atoms with Gasteiger partial charge in [0, 0.05) is 7.05 Å². The third-order valence-corrected chi connectivity index (χ3v) is 6.47. The fourth-order valence-corrected chi connectivity index (χ4v) is 4.73. The minimum absolute atomic E-state index is 0.375. The average Bonchev–Trinajstić information content (AvgIpc) is 3.21. The molecule has 0 aliphatic carbocycles. The van der Waals surface area contributed by atoms with Gasteiger partial charge in [0.15, 0.2) is 11.3 Å². The maximum atomic E-state index is 13.8. The number of amidine groups is 1. The van der Waals surface area contributed by atoms with Crippen LogP contribution >= 0.6 is 11.8 Å². The standard InChI is InChI=1S/C22H23F3N2O5S/c1-26-21-27-15-16(28)17(29)18(32-20(15)33-21)19(22(23,24)25)30-11-12-7-9-14(10-8-12)31-13-5-3-2-4-6-13/h2-10,15-20,28-29H,11H2,1H3,(H,26,27). The minimum atomic E-state index is -4.83. The highest BCUT2D eigenvalue weighted by atomic mass is 32.2. The highest BCUT2D eigenvalue weighted by Gasteiger charge is 2.57. The molecule has 0 aromatic heterocycles. The van der Waals surface area contributed by atoms with Crippen LogP contribution in [0.2, 0.25) is 0 Å². The van der Waals surface area contributed by atoms with Gasteiger partial charge < -0.3 is 29.7 Å². The summed E-state index contributed by atoms with van der Waals surface area (Å²) in [5.74, 6) is 1.16. The fraction of sp³-hybridized carbons (Fsp3) is 0.409. The molecule has 6 atom stereocenters. The number of nitrogens with zero attached hydrogens (tertiary/aromatic N) is 1. The summed E-state index contributed by atoms with van der Waals surface area (Å²) in [7, 11) is 1.50. The number of thioether (sulfide) groups is 1. The number of nitrogens with one attached hydrogen (secondary N) is 1. The van der Waals surface area contributed by atoms with Crippen molar-refractivity contribution in [1.29, 1.82) is 0 Å². The van der Waals surface area contributed by atoms with Gasteiger partial charge in [-0.15, -0.1) is 0 Å². The summed E-state index contributed by atoms with van der Waals surface area (Å²) in [5.41, 5.74) is -0.360. The number of alkyl halides is 3. The molecule has 7 nitrogen and oxygen atoms in total. The van der Waals surface area contributed by atoms with Crippen LogP contribution in [0.4, 0.5) is 13.2 Å². The molecule has 2 heterocycles. The van der Waals surface area contributed by atoms with Crippen molar-refractivity contribution in [3.63, 3.8) is 0 Å². The summed E-state index contributed by atoms with van der Waals surface area (Å²) in [6.07, 6.45) is -12.3. The quantitative estimate of drug-likeness (QED) is 0.581. The first-order valence-corrected chi connectivity index (χ1v) is 11.1. The second-order valence-corrected chi connectivity index (χ2v) is 8.69. The van der Waals surface area contributed by atoms with E-state index in [9.17, 15) is 23.4 Å². The predicted octanol–water partition coefficient (Wildman–Crippen LogP) is 3.06. The predicted molar refractivity (Wildman–Crippen MR) is 116 cm³/mol. The van der Waals surface area contributed by atoms with Crippen LogP contribution < -0.4 is 10.1 Å². The molecule has 0 bridgehead atoms. The SMILES string of the molecule is CN=C1NC2C(OC(C(OCc3ccc(Oc4ccccc4)cc3)C(F)(F)F)C(O)C2O)S1. The first-order valence-electron chi connectivity index (χ1n) is 10.2. The second kappa shape index (κ2) is 9.90. The Morgan fingerprint density at radius 3 is 2.36 bits per heavy atom. The molecule has 178 valence electrons. The molecule has 3 N–H and O–H groups in total. The Hall–Kier alpha value is -2.31. The lowest BCUT2D eigenvalue weighted by molar-refractivity contribution is -0.287. The molecular formula is C22H23F3N2O5S. The Balaban J connectivity index is 1.43. The number of rotatable bonds is 6. The van der Waals surface area contributed by atoms with Crippen molar-refractivity contribution in [2.75, 3.05) is 7.05 Å². The molecule has 2 aliphatic rings. The lowest BCUT2D eigenvalue weighted by Crippen LogP contribution is -2.63. The van der Waals surface area contributed by atoms with Crippen molar-refractivity contribution in [3.05, 3.63) is 60.2 Å². The minimum Gasteiger partial charge on any atom is -0.457 e. The monoisotopic (exact) mass is 484 g/mol. The number of fused-ring (bicyclic) bond motifs is 1. The van der Waals surface area contributed by atoms with Crippen LogP contribution in [0, 0.1) is 0 Å². The van der Waals surface area contributed by atoms with Crippen LogP contribution in [-0.2, 0) is 16.1 Å². The van der Waals surface area contributed by atoms with Gasteiger partial charge in [0.2, 0.25) is 0 Å². The molecule has 2 fully saturated rings. The Morgan fingerprint density at radius 1 is 1.06 bits per heavy atom. The van der Waals surface area contributed by atoms with Crippen LogP contribution in [0.15, 0.2) is 59.6 Å². The van der Waals surface area contributed by atoms with E-state index >= 15 is 0 Å². The largest absolute Gasteiger partial charge is 0.457 e. The number of halogens is 3. The average molecular weight is 484 g/mol. The van der Waals surface area contributed by atoms with Crippen molar-refractivity contribution < 1.29 is 37.6 Å². The maximum Gasteiger partial charge on any atom is 0.417 e. The number of aliphatic hydroxyl groups excluding tert-OH is 2. The Morgan fingerprint density at radius 2 is 1.73 bits per heavy atom. The molecular weight excluding hydrogens is 461 g/mol. The van der Waals surface area contributed by atoms with Crippen LogP contribution in [0.3, 0.4) is 0 Å². The molecule has 0 amide bonds. The summed E-state index contributed by atoms with van der Waals surface area (Å²) in [6, 6.07) is 14.7. The van der Waals surface area contributed by atoms with Crippen molar-refractivity contribution in [3.8, 4) is 11.5 Å². The molecule has 0 radical (unpaired) electrons. The number of hydrogen-bond acceptors (Lipinski definition) is 7. The van der Waals surface area contributed by atoms with E-state index in [4.69, 9.17) is 14.2 Å². The highest BCUT2D eigenvalue weighted by molar-refractivity contribution is 8.14. The van der Waals surface area contributed by atoms with E-state index in [1.54, 1.807) is 36.4 Å². The Bertz CT molecular complexity index is 961. The van der Waals surface area contributed by atoms with Gasteiger partial charge in [0.1, 0.15) is 35.2 Å². The van der Waals surface area contributed by atoms with E-state index in [0.717, 1.165) is 11.8 Å². The van der Waals surface area contributed by atoms with Crippen LogP contribution in [-0.4, -0.2) is 64.5 Å². The van der Waals surface area contributed by atoms with Gasteiger partial charge in [-0.2, -0.15) is 13.2 Å². The fourth-order valence-electron chi connectivity index (χ4n) is 3.64. The molecule has 0 saturated carbocycles. The zero-order valence-corrected chi connectivity index (χ0v) is 18.3. The molecule has 2 saturated heterocycles. The van der Waals surface area contributed by atoms with E-state index in [1.165, 1.54) is 7.05 Å². The second-order valence-electron chi connectivity index (χ2n) is 7.60. The topological polar surface area (TPSA) is 92.5 Å². The van der Waals surface area contributed by atoms with Crippen LogP contribution in [0.25, 0.3) is 0 Å². The molecule has 0 spiro atoms. The number of benzene rings is 2. The highest BCUT2D eigenvalue weighted by Crippen LogP contribution is 2.39. The number of aliphatic hydroxyl groups is 2. The zero-order valence-electron chi connectivity index (χ0n) is 17.5. The van der Waals surface area contributed by atoms with Gasteiger partial charge in [-0.3, -0.25) is 4.99 Å². The third-order valence-electron chi connectivity index (χ3n) is 5.31. The molecule has 2 aromatic carbocycles. The number of hydrogen-bond donors (Lipinski definition) is 3. The lowest BCUT2D eigenvalue weighted by Gasteiger charge is -2.42. The van der Waals surface area contributed by atoms with E-state index in [-0.39, 0.29) is 6.61 Å². The Labute approximate surface area is 192 Å². The van der Waals surface area contributed by atoms with Gasteiger partial charge in [0.05, 0.1) is 12.6 Å². The van der Waals surface area contributed by atoms with Crippen molar-refractivity contribution in [2.45, 2.75) is 48.7 Å². The van der Waals surface area contributed by atoms with E-state index in [0.29, 0.717) is 22.2 Å². The summed E-state index contributed by atoms with van der Waals surface area (Å²) in [6.45, 7) is -0.375. The molecule has 4 rings (SSSR count). The molecule has 2 aromatic rings. The van der Waals surface area contributed by atoms with Gasteiger partial charge in [0.25, 0.3) is 0 Å². The first kappa shape index (κ1) is 23.8.